The van der Waals surface area contributed by atoms with Crippen LogP contribution >= 0.6 is 22.5 Å². The number of hydrogen-bond acceptors (Lipinski definition) is 5. The van der Waals surface area contributed by atoms with Gasteiger partial charge in [0, 0.05) is 0 Å². The maximum Gasteiger partial charge on any atom is 0.240 e. The zero-order valence-electron chi connectivity index (χ0n) is 7.53. The van der Waals surface area contributed by atoms with Gasteiger partial charge in [-0.15, -0.1) is 11.7 Å². The molecule has 1 rings (SSSR count). The van der Waals surface area contributed by atoms with Gasteiger partial charge in [0.15, 0.2) is 0 Å². The summed E-state index contributed by atoms with van der Waals surface area (Å²) in [7, 11) is 1.33. The van der Waals surface area contributed by atoms with Crippen LogP contribution in [0.3, 0.4) is 0 Å². The molecule has 0 bridgehead atoms. The van der Waals surface area contributed by atoms with E-state index in [1.165, 1.54) is 10.8 Å². The van der Waals surface area contributed by atoms with Gasteiger partial charge in [-0.05, 0) is 13.8 Å². The molecule has 4 nitrogen and oxygen atoms in total. The van der Waals surface area contributed by atoms with Crippen molar-refractivity contribution in [3.63, 3.8) is 0 Å². The van der Waals surface area contributed by atoms with E-state index in [1.54, 1.807) is 4.90 Å². The van der Waals surface area contributed by atoms with Crippen molar-refractivity contribution in [3.05, 3.63) is 0 Å². The molecule has 1 heterocycles. The summed E-state index contributed by atoms with van der Waals surface area (Å²) in [5, 5.41) is 2.25. The molecule has 1 aliphatic heterocycles. The van der Waals surface area contributed by atoms with Crippen molar-refractivity contribution in [2.75, 3.05) is 13.1 Å². The number of nitrogens with zero attached hydrogens (tertiary/aromatic N) is 1. The second-order valence-corrected chi connectivity index (χ2v) is 5.09. The third-order valence-corrected chi connectivity index (χ3v) is 3.98. The van der Waals surface area contributed by atoms with Gasteiger partial charge in [0.25, 0.3) is 0 Å². The van der Waals surface area contributed by atoms with Gasteiger partial charge in [-0.2, -0.15) is 0 Å². The molecule has 0 radical (unpaired) electrons. The number of piperazine rings is 1. The van der Waals surface area contributed by atoms with E-state index in [4.69, 9.17) is 0 Å². The van der Waals surface area contributed by atoms with Crippen molar-refractivity contribution in [2.24, 2.45) is 0 Å². The standard InChI is InChI=1S/C7H12N2O2S2/c1-7(2,13-12)9-3-5(10)8-6(11)4-9/h12H,3-4H2,1-2H3,(H,8,10,11). The summed E-state index contributed by atoms with van der Waals surface area (Å²) in [6.07, 6.45) is 0. The van der Waals surface area contributed by atoms with Crippen LogP contribution in [0.1, 0.15) is 13.8 Å². The molecular weight excluding hydrogens is 208 g/mol. The lowest BCUT2D eigenvalue weighted by Gasteiger charge is -2.37. The summed E-state index contributed by atoms with van der Waals surface area (Å²) in [4.78, 5) is 23.6. The molecule has 0 aliphatic carbocycles. The van der Waals surface area contributed by atoms with E-state index in [1.807, 2.05) is 13.8 Å². The van der Waals surface area contributed by atoms with Crippen molar-refractivity contribution in [1.82, 2.24) is 10.2 Å². The molecule has 74 valence electrons. The van der Waals surface area contributed by atoms with E-state index in [2.05, 4.69) is 17.0 Å². The fraction of sp³-hybridized carbons (Fsp3) is 0.714. The van der Waals surface area contributed by atoms with E-state index >= 15 is 0 Å². The van der Waals surface area contributed by atoms with Crippen LogP contribution in [0.4, 0.5) is 0 Å². The van der Waals surface area contributed by atoms with E-state index in [-0.39, 0.29) is 29.8 Å². The number of imide groups is 1. The molecule has 0 unspecified atom stereocenters. The minimum Gasteiger partial charge on any atom is -0.294 e. The Morgan fingerprint density at radius 2 is 1.85 bits per heavy atom. The van der Waals surface area contributed by atoms with Gasteiger partial charge in [0.05, 0.1) is 18.0 Å². The zero-order valence-corrected chi connectivity index (χ0v) is 9.24. The zero-order chi connectivity index (χ0) is 10.1. The molecule has 13 heavy (non-hydrogen) atoms. The smallest absolute Gasteiger partial charge is 0.240 e. The van der Waals surface area contributed by atoms with Gasteiger partial charge in [0.2, 0.25) is 11.8 Å². The summed E-state index contributed by atoms with van der Waals surface area (Å²) in [5.74, 6) is -0.488. The number of rotatable bonds is 2. The molecule has 0 aromatic heterocycles. The van der Waals surface area contributed by atoms with Crippen LogP contribution in [0.25, 0.3) is 0 Å². The fourth-order valence-corrected chi connectivity index (χ4v) is 1.67. The van der Waals surface area contributed by atoms with Crippen LogP contribution < -0.4 is 5.32 Å². The second kappa shape index (κ2) is 3.89. The highest BCUT2D eigenvalue weighted by Crippen LogP contribution is 2.31. The van der Waals surface area contributed by atoms with Crippen molar-refractivity contribution in [3.8, 4) is 0 Å². The predicted molar refractivity (Wildman–Crippen MR) is 55.4 cm³/mol. The average molecular weight is 220 g/mol. The molecule has 1 saturated heterocycles. The minimum absolute atomic E-state index is 0.244. The Labute approximate surface area is 86.2 Å². The normalized spacial score (nSPS) is 20.2. The Balaban J connectivity index is 2.70. The Morgan fingerprint density at radius 1 is 1.38 bits per heavy atom. The minimum atomic E-state index is -0.295. The monoisotopic (exact) mass is 220 g/mol. The first-order valence-corrected chi connectivity index (χ1v) is 5.73. The number of carbonyl (C=O) groups is 2. The molecule has 1 N–H and O–H groups in total. The molecular formula is C7H12N2O2S2. The van der Waals surface area contributed by atoms with Crippen molar-refractivity contribution in [1.29, 1.82) is 0 Å². The van der Waals surface area contributed by atoms with E-state index in [9.17, 15) is 9.59 Å². The highest BCUT2D eigenvalue weighted by molar-refractivity contribution is 8.69. The van der Waals surface area contributed by atoms with Gasteiger partial charge in [-0.25, -0.2) is 0 Å². The molecule has 1 fully saturated rings. The van der Waals surface area contributed by atoms with Crippen molar-refractivity contribution < 1.29 is 9.59 Å². The van der Waals surface area contributed by atoms with Crippen LogP contribution in [0.5, 0.6) is 0 Å². The van der Waals surface area contributed by atoms with Crippen molar-refractivity contribution >= 4 is 34.3 Å². The molecule has 0 saturated carbocycles. The van der Waals surface area contributed by atoms with E-state index in [0.29, 0.717) is 0 Å². The first kappa shape index (κ1) is 10.9. The van der Waals surface area contributed by atoms with Gasteiger partial charge < -0.3 is 0 Å². The largest absolute Gasteiger partial charge is 0.294 e. The van der Waals surface area contributed by atoms with E-state index in [0.717, 1.165) is 0 Å². The Hall–Kier alpha value is -0.200. The number of hydrogen-bond donors (Lipinski definition) is 2. The topological polar surface area (TPSA) is 49.4 Å². The van der Waals surface area contributed by atoms with Crippen LogP contribution in [0.15, 0.2) is 0 Å². The lowest BCUT2D eigenvalue weighted by molar-refractivity contribution is -0.137. The van der Waals surface area contributed by atoms with Gasteiger partial charge >= 0.3 is 0 Å². The van der Waals surface area contributed by atoms with Crippen molar-refractivity contribution in [2.45, 2.75) is 18.7 Å². The molecule has 1 aliphatic rings. The molecule has 0 spiro atoms. The molecule has 0 atom stereocenters. The summed E-state index contributed by atoms with van der Waals surface area (Å²) in [6.45, 7) is 4.37. The number of carbonyl (C=O) groups excluding carboxylic acids is 2. The van der Waals surface area contributed by atoms with E-state index < -0.39 is 0 Å². The Bertz CT molecular complexity index is 227. The van der Waals surface area contributed by atoms with Crippen LogP contribution in [0, 0.1) is 0 Å². The molecule has 2 amide bonds. The third-order valence-electron chi connectivity index (χ3n) is 1.93. The third kappa shape index (κ3) is 2.62. The molecule has 6 heteroatoms. The number of thiol groups is 1. The maximum atomic E-state index is 11.0. The quantitative estimate of drug-likeness (QED) is 0.398. The average Bonchev–Trinajstić information content (AvgIpc) is 2.02. The molecule has 0 aromatic rings. The SMILES string of the molecule is CC(C)(SS)N1CC(=O)NC(=O)C1. The van der Waals surface area contributed by atoms with Crippen LogP contribution in [-0.4, -0.2) is 34.7 Å². The summed E-state index contributed by atoms with van der Waals surface area (Å²) >= 11 is 4.10. The maximum absolute atomic E-state index is 11.0. The number of nitrogens with one attached hydrogen (secondary N) is 1. The highest BCUT2D eigenvalue weighted by atomic mass is 33.1. The first-order chi connectivity index (χ1) is 5.95. The highest BCUT2D eigenvalue weighted by Gasteiger charge is 2.33. The number of amides is 2. The first-order valence-electron chi connectivity index (χ1n) is 3.86. The van der Waals surface area contributed by atoms with Gasteiger partial charge in [-0.3, -0.25) is 19.8 Å². The summed E-state index contributed by atoms with van der Waals surface area (Å²) in [6, 6.07) is 0. The van der Waals surface area contributed by atoms with Crippen LogP contribution in [-0.2, 0) is 9.59 Å². The Morgan fingerprint density at radius 3 is 2.23 bits per heavy atom. The second-order valence-electron chi connectivity index (χ2n) is 3.37. The summed E-state index contributed by atoms with van der Waals surface area (Å²) < 4.78 is 0. The van der Waals surface area contributed by atoms with Crippen LogP contribution in [0.2, 0.25) is 0 Å². The lowest BCUT2D eigenvalue weighted by atomic mass is 10.2. The molecule has 0 aromatic carbocycles. The van der Waals surface area contributed by atoms with Gasteiger partial charge in [0.1, 0.15) is 0 Å². The fourth-order valence-electron chi connectivity index (χ4n) is 1.08. The predicted octanol–water partition coefficient (Wildman–Crippen LogP) is 0.259. The lowest BCUT2D eigenvalue weighted by Crippen LogP contribution is -2.56. The summed E-state index contributed by atoms with van der Waals surface area (Å²) in [5.41, 5.74) is 0. The van der Waals surface area contributed by atoms with Gasteiger partial charge in [-0.1, -0.05) is 10.8 Å². The Kier molecular flexibility index (Phi) is 3.26.